The van der Waals surface area contributed by atoms with Crippen LogP contribution in [0.3, 0.4) is 0 Å². The number of carbonyl (C=O) groups excluding carboxylic acids is 1. The number of hydrogen-bond donors (Lipinski definition) is 2. The predicted octanol–water partition coefficient (Wildman–Crippen LogP) is 2.55. The number of nitrogens with two attached hydrogens (primary N) is 1. The molecule has 2 aromatic rings. The zero-order valence-electron chi connectivity index (χ0n) is 14.6. The fraction of sp³-hybridized carbons (Fsp3) is 0.350. The van der Waals surface area contributed by atoms with Gasteiger partial charge in [0.2, 0.25) is 5.91 Å². The van der Waals surface area contributed by atoms with Crippen molar-refractivity contribution in [3.63, 3.8) is 0 Å². The molecule has 5 nitrogen and oxygen atoms in total. The van der Waals surface area contributed by atoms with Crippen LogP contribution in [0.4, 0.5) is 11.4 Å². The number of hydrogen-bond acceptors (Lipinski definition) is 4. The Hall–Kier alpha value is -2.37. The minimum absolute atomic E-state index is 0.0847. The van der Waals surface area contributed by atoms with Gasteiger partial charge in [-0.25, -0.2) is 0 Å². The van der Waals surface area contributed by atoms with Crippen molar-refractivity contribution in [2.24, 2.45) is 5.73 Å². The second-order valence-electron chi connectivity index (χ2n) is 6.34. The zero-order valence-corrected chi connectivity index (χ0v) is 14.6. The summed E-state index contributed by atoms with van der Waals surface area (Å²) >= 11 is 0. The minimum atomic E-state index is -0.241. The van der Waals surface area contributed by atoms with Crippen molar-refractivity contribution in [2.45, 2.75) is 25.5 Å². The molecule has 0 aliphatic carbocycles. The number of methoxy groups -OCH3 is 1. The summed E-state index contributed by atoms with van der Waals surface area (Å²) in [6.45, 7) is 2.26. The van der Waals surface area contributed by atoms with Crippen molar-refractivity contribution in [3.8, 4) is 0 Å². The van der Waals surface area contributed by atoms with Crippen LogP contribution in [0.25, 0.3) is 0 Å². The van der Waals surface area contributed by atoms with Crippen LogP contribution in [0.1, 0.15) is 17.5 Å². The second-order valence-corrected chi connectivity index (χ2v) is 6.34. The molecule has 1 atom stereocenters. The number of benzene rings is 2. The number of nitrogens with one attached hydrogen (secondary N) is 1. The van der Waals surface area contributed by atoms with E-state index in [1.807, 2.05) is 12.1 Å². The first kappa shape index (κ1) is 17.5. The predicted molar refractivity (Wildman–Crippen MR) is 101 cm³/mol. The summed E-state index contributed by atoms with van der Waals surface area (Å²) in [5.74, 6) is -0.0847. The molecule has 132 valence electrons. The first-order chi connectivity index (χ1) is 12.2. The van der Waals surface area contributed by atoms with Gasteiger partial charge < -0.3 is 20.7 Å². The number of anilines is 2. The smallest absolute Gasteiger partial charge is 0.227 e. The number of ether oxygens (including phenoxy) is 1. The van der Waals surface area contributed by atoms with Gasteiger partial charge in [-0.2, -0.15) is 0 Å². The Balaban J connectivity index is 1.57. The van der Waals surface area contributed by atoms with Gasteiger partial charge in [0.15, 0.2) is 0 Å². The molecular formula is C20H25N3O2. The van der Waals surface area contributed by atoms with Crippen LogP contribution in [0.5, 0.6) is 0 Å². The molecule has 0 saturated carbocycles. The molecule has 1 amide bonds. The van der Waals surface area contributed by atoms with Gasteiger partial charge in [-0.1, -0.05) is 30.3 Å². The Bertz CT molecular complexity index is 711. The van der Waals surface area contributed by atoms with E-state index in [4.69, 9.17) is 10.5 Å². The minimum Gasteiger partial charge on any atom is -0.380 e. The molecule has 1 aliphatic rings. The lowest BCUT2D eigenvalue weighted by Gasteiger charge is -2.19. The molecule has 0 radical (unpaired) electrons. The maximum Gasteiger partial charge on any atom is 0.227 e. The van der Waals surface area contributed by atoms with Crippen molar-refractivity contribution >= 4 is 17.3 Å². The SMILES string of the molecule is COC(CN)CC(=O)Nc1ccc(CN2CCc3ccccc32)cc1. The van der Waals surface area contributed by atoms with E-state index in [2.05, 4.69) is 46.6 Å². The Labute approximate surface area is 148 Å². The lowest BCUT2D eigenvalue weighted by molar-refractivity contribution is -0.118. The van der Waals surface area contributed by atoms with Crippen LogP contribution in [0.2, 0.25) is 0 Å². The Morgan fingerprint density at radius 2 is 2.00 bits per heavy atom. The van der Waals surface area contributed by atoms with Crippen LogP contribution in [0.15, 0.2) is 48.5 Å². The van der Waals surface area contributed by atoms with E-state index in [1.165, 1.54) is 16.8 Å². The van der Waals surface area contributed by atoms with Crippen molar-refractivity contribution in [1.29, 1.82) is 0 Å². The molecule has 25 heavy (non-hydrogen) atoms. The highest BCUT2D eigenvalue weighted by Crippen LogP contribution is 2.28. The topological polar surface area (TPSA) is 67.6 Å². The summed E-state index contributed by atoms with van der Waals surface area (Å²) in [4.78, 5) is 14.4. The van der Waals surface area contributed by atoms with Crippen LogP contribution in [0, 0.1) is 0 Å². The van der Waals surface area contributed by atoms with Crippen LogP contribution >= 0.6 is 0 Å². The van der Waals surface area contributed by atoms with Gasteiger partial charge in [0.1, 0.15) is 0 Å². The number of rotatable bonds is 7. The lowest BCUT2D eigenvalue weighted by Crippen LogP contribution is -2.28. The average molecular weight is 339 g/mol. The van der Waals surface area contributed by atoms with Crippen LogP contribution < -0.4 is 16.0 Å². The molecular weight excluding hydrogens is 314 g/mol. The Kier molecular flexibility index (Phi) is 5.68. The second kappa shape index (κ2) is 8.14. The lowest BCUT2D eigenvalue weighted by atomic mass is 10.1. The molecule has 0 aromatic heterocycles. The highest BCUT2D eigenvalue weighted by atomic mass is 16.5. The Morgan fingerprint density at radius 3 is 2.72 bits per heavy atom. The van der Waals surface area contributed by atoms with E-state index in [0.29, 0.717) is 6.54 Å². The summed E-state index contributed by atoms with van der Waals surface area (Å²) in [5.41, 5.74) is 10.3. The van der Waals surface area contributed by atoms with Crippen molar-refractivity contribution < 1.29 is 9.53 Å². The molecule has 0 spiro atoms. The van der Waals surface area contributed by atoms with Crippen molar-refractivity contribution in [2.75, 3.05) is 30.4 Å². The maximum absolute atomic E-state index is 12.0. The van der Waals surface area contributed by atoms with E-state index in [1.54, 1.807) is 7.11 Å². The van der Waals surface area contributed by atoms with E-state index >= 15 is 0 Å². The standard InChI is InChI=1S/C20H25N3O2/c1-25-18(13-21)12-20(24)22-17-8-6-15(7-9-17)14-23-11-10-16-4-2-3-5-19(16)23/h2-9,18H,10-14,21H2,1H3,(H,22,24). The number of amides is 1. The van der Waals surface area contributed by atoms with Gasteiger partial charge in [0.05, 0.1) is 12.5 Å². The average Bonchev–Trinajstić information content (AvgIpc) is 3.04. The molecule has 5 heteroatoms. The zero-order chi connectivity index (χ0) is 17.6. The van der Waals surface area contributed by atoms with Gasteiger partial charge in [-0.05, 0) is 35.7 Å². The summed E-state index contributed by atoms with van der Waals surface area (Å²) in [6.07, 6.45) is 1.13. The number of para-hydroxylation sites is 1. The summed E-state index contributed by atoms with van der Waals surface area (Å²) < 4.78 is 5.14. The summed E-state index contributed by atoms with van der Waals surface area (Å²) in [6, 6.07) is 16.6. The van der Waals surface area contributed by atoms with Crippen molar-refractivity contribution in [3.05, 3.63) is 59.7 Å². The van der Waals surface area contributed by atoms with Crippen molar-refractivity contribution in [1.82, 2.24) is 0 Å². The maximum atomic E-state index is 12.0. The third-order valence-corrected chi connectivity index (χ3v) is 4.60. The molecule has 0 bridgehead atoms. The fourth-order valence-electron chi connectivity index (χ4n) is 3.17. The van der Waals surface area contributed by atoms with E-state index in [-0.39, 0.29) is 18.4 Å². The Morgan fingerprint density at radius 1 is 1.24 bits per heavy atom. The number of fused-ring (bicyclic) bond motifs is 1. The largest absolute Gasteiger partial charge is 0.380 e. The first-order valence-electron chi connectivity index (χ1n) is 8.64. The molecule has 3 rings (SSSR count). The molecule has 0 fully saturated rings. The molecule has 1 unspecified atom stereocenters. The normalized spacial score (nSPS) is 14.2. The van der Waals surface area contributed by atoms with Gasteiger partial charge >= 0.3 is 0 Å². The highest BCUT2D eigenvalue weighted by Gasteiger charge is 2.18. The third kappa shape index (κ3) is 4.38. The van der Waals surface area contributed by atoms with E-state index in [9.17, 15) is 4.79 Å². The molecule has 2 aromatic carbocycles. The first-order valence-corrected chi connectivity index (χ1v) is 8.64. The number of carbonyl (C=O) groups is 1. The van der Waals surface area contributed by atoms with Crippen LogP contribution in [-0.2, 0) is 22.5 Å². The molecule has 1 heterocycles. The third-order valence-electron chi connectivity index (χ3n) is 4.60. The number of nitrogens with zero attached hydrogens (tertiary/aromatic N) is 1. The van der Waals surface area contributed by atoms with Gasteiger partial charge in [-0.3, -0.25) is 4.79 Å². The summed E-state index contributed by atoms with van der Waals surface area (Å²) in [7, 11) is 1.57. The molecule has 0 saturated heterocycles. The summed E-state index contributed by atoms with van der Waals surface area (Å²) in [5, 5.41) is 2.89. The van der Waals surface area contributed by atoms with E-state index < -0.39 is 0 Å². The monoisotopic (exact) mass is 339 g/mol. The van der Waals surface area contributed by atoms with Gasteiger partial charge in [0, 0.05) is 38.1 Å². The quantitative estimate of drug-likeness (QED) is 0.813. The highest BCUT2D eigenvalue weighted by molar-refractivity contribution is 5.91. The molecule has 3 N–H and O–H groups in total. The fourth-order valence-corrected chi connectivity index (χ4v) is 3.17. The van der Waals surface area contributed by atoms with E-state index in [0.717, 1.165) is 25.2 Å². The van der Waals surface area contributed by atoms with Gasteiger partial charge in [0.25, 0.3) is 0 Å². The molecule has 1 aliphatic heterocycles. The van der Waals surface area contributed by atoms with Gasteiger partial charge in [-0.15, -0.1) is 0 Å². The van der Waals surface area contributed by atoms with Crippen LogP contribution in [-0.4, -0.2) is 32.2 Å².